The molecule has 1 atom stereocenters. The Balaban J connectivity index is 0.00000176. The number of piperazine rings is 1. The number of hydrogen-bond acceptors (Lipinski definition) is 2. The fourth-order valence-electron chi connectivity index (χ4n) is 3.94. The van der Waals surface area contributed by atoms with Gasteiger partial charge in [0.25, 0.3) is 0 Å². The number of halogens is 3. The topological polar surface area (TPSA) is 15.3 Å². The van der Waals surface area contributed by atoms with Crippen LogP contribution in [0.1, 0.15) is 43.7 Å². The van der Waals surface area contributed by atoms with Crippen LogP contribution in [-0.2, 0) is 0 Å². The quantitative estimate of drug-likeness (QED) is 0.904. The van der Waals surface area contributed by atoms with Crippen LogP contribution in [0.2, 0.25) is 0 Å². The summed E-state index contributed by atoms with van der Waals surface area (Å²) < 4.78 is 27.3. The molecule has 2 nitrogen and oxygen atoms in total. The van der Waals surface area contributed by atoms with E-state index in [2.05, 4.69) is 10.2 Å². The van der Waals surface area contributed by atoms with Gasteiger partial charge in [-0.2, -0.15) is 0 Å². The maximum Gasteiger partial charge on any atom is 0.126 e. The van der Waals surface area contributed by atoms with Crippen molar-refractivity contribution in [3.8, 4) is 0 Å². The molecule has 0 radical (unpaired) electrons. The Hall–Kier alpha value is -0.710. The Morgan fingerprint density at radius 3 is 2.14 bits per heavy atom. The second-order valence-corrected chi connectivity index (χ2v) is 6.33. The predicted molar refractivity (Wildman–Crippen MR) is 87.4 cm³/mol. The summed E-state index contributed by atoms with van der Waals surface area (Å²) in [5.41, 5.74) is 0.821. The number of rotatable bonds is 3. The summed E-state index contributed by atoms with van der Waals surface area (Å²) in [5.74, 6) is -0.389. The first kappa shape index (κ1) is 17.6. The van der Waals surface area contributed by atoms with E-state index >= 15 is 0 Å². The number of hydrogen-bond donors (Lipinski definition) is 1. The molecule has 1 heterocycles. The van der Waals surface area contributed by atoms with Crippen LogP contribution in [0.5, 0.6) is 0 Å². The molecule has 2 fully saturated rings. The van der Waals surface area contributed by atoms with Crippen LogP contribution in [0.3, 0.4) is 0 Å². The van der Waals surface area contributed by atoms with Crippen molar-refractivity contribution in [3.05, 3.63) is 35.4 Å². The molecular formula is C17H25ClF2N2. The zero-order chi connectivity index (χ0) is 14.7. The van der Waals surface area contributed by atoms with E-state index in [4.69, 9.17) is 0 Å². The zero-order valence-electron chi connectivity index (χ0n) is 12.9. The molecule has 1 saturated carbocycles. The van der Waals surface area contributed by atoms with Gasteiger partial charge in [-0.25, -0.2) is 8.78 Å². The number of nitrogens with zero attached hydrogens (tertiary/aromatic N) is 1. The first-order valence-electron chi connectivity index (χ1n) is 8.15. The van der Waals surface area contributed by atoms with Crippen molar-refractivity contribution in [2.24, 2.45) is 5.92 Å². The van der Waals surface area contributed by atoms with E-state index < -0.39 is 11.6 Å². The SMILES string of the molecule is Cl.Fc1cc(F)cc([C@H](C2CCCCC2)N2CCNCC2)c1. The number of benzene rings is 1. The van der Waals surface area contributed by atoms with Crippen molar-refractivity contribution in [1.82, 2.24) is 10.2 Å². The van der Waals surface area contributed by atoms with E-state index in [0.29, 0.717) is 5.92 Å². The maximum absolute atomic E-state index is 13.7. The molecule has 1 aliphatic carbocycles. The van der Waals surface area contributed by atoms with Gasteiger partial charge in [0.1, 0.15) is 11.6 Å². The van der Waals surface area contributed by atoms with Crippen LogP contribution < -0.4 is 5.32 Å². The predicted octanol–water partition coefficient (Wildman–Crippen LogP) is 3.91. The lowest BCUT2D eigenvalue weighted by Crippen LogP contribution is -2.47. The summed E-state index contributed by atoms with van der Waals surface area (Å²) in [4.78, 5) is 2.42. The third kappa shape index (κ3) is 4.18. The van der Waals surface area contributed by atoms with E-state index in [0.717, 1.165) is 37.8 Å². The van der Waals surface area contributed by atoms with Crippen molar-refractivity contribution in [2.45, 2.75) is 38.1 Å². The normalized spacial score (nSPS) is 22.1. The van der Waals surface area contributed by atoms with Crippen molar-refractivity contribution in [2.75, 3.05) is 26.2 Å². The molecule has 0 spiro atoms. The van der Waals surface area contributed by atoms with Gasteiger partial charge in [-0.15, -0.1) is 12.4 Å². The van der Waals surface area contributed by atoms with Gasteiger partial charge in [0.05, 0.1) is 0 Å². The summed E-state index contributed by atoms with van der Waals surface area (Å²) in [7, 11) is 0. The molecule has 0 unspecified atom stereocenters. The molecule has 1 saturated heterocycles. The van der Waals surface area contributed by atoms with Gasteiger partial charge >= 0.3 is 0 Å². The average Bonchev–Trinajstić information content (AvgIpc) is 2.49. The molecule has 2 aliphatic rings. The van der Waals surface area contributed by atoms with Crippen LogP contribution in [0, 0.1) is 17.6 Å². The lowest BCUT2D eigenvalue weighted by atomic mass is 9.80. The molecule has 1 N–H and O–H groups in total. The molecule has 1 aromatic rings. The van der Waals surface area contributed by atoms with Gasteiger partial charge in [0, 0.05) is 38.3 Å². The van der Waals surface area contributed by atoms with Crippen molar-refractivity contribution in [1.29, 1.82) is 0 Å². The molecule has 0 bridgehead atoms. The van der Waals surface area contributed by atoms with E-state index in [1.807, 2.05) is 0 Å². The van der Waals surface area contributed by atoms with E-state index in [1.165, 1.54) is 44.2 Å². The van der Waals surface area contributed by atoms with Crippen LogP contribution in [0.15, 0.2) is 18.2 Å². The van der Waals surface area contributed by atoms with Crippen molar-refractivity contribution in [3.63, 3.8) is 0 Å². The fraction of sp³-hybridized carbons (Fsp3) is 0.647. The Morgan fingerprint density at radius 1 is 0.955 bits per heavy atom. The van der Waals surface area contributed by atoms with Gasteiger partial charge in [-0.05, 0) is 36.5 Å². The van der Waals surface area contributed by atoms with Gasteiger partial charge in [0.15, 0.2) is 0 Å². The minimum Gasteiger partial charge on any atom is -0.314 e. The average molecular weight is 331 g/mol. The highest BCUT2D eigenvalue weighted by Gasteiger charge is 2.31. The Morgan fingerprint density at radius 2 is 1.55 bits per heavy atom. The summed E-state index contributed by atoms with van der Waals surface area (Å²) in [6.45, 7) is 3.83. The summed E-state index contributed by atoms with van der Waals surface area (Å²) >= 11 is 0. The minimum absolute atomic E-state index is 0. The highest BCUT2D eigenvalue weighted by atomic mass is 35.5. The zero-order valence-corrected chi connectivity index (χ0v) is 13.7. The molecule has 22 heavy (non-hydrogen) atoms. The molecule has 1 aliphatic heterocycles. The van der Waals surface area contributed by atoms with Crippen LogP contribution in [0.25, 0.3) is 0 Å². The van der Waals surface area contributed by atoms with E-state index in [9.17, 15) is 8.78 Å². The Labute approximate surface area is 137 Å². The van der Waals surface area contributed by atoms with Gasteiger partial charge in [-0.1, -0.05) is 19.3 Å². The maximum atomic E-state index is 13.7. The van der Waals surface area contributed by atoms with Crippen LogP contribution >= 0.6 is 12.4 Å². The molecule has 3 rings (SSSR count). The first-order valence-corrected chi connectivity index (χ1v) is 8.15. The van der Waals surface area contributed by atoms with Gasteiger partial charge in [-0.3, -0.25) is 4.90 Å². The van der Waals surface area contributed by atoms with E-state index in [1.54, 1.807) is 0 Å². The Bertz CT molecular complexity index is 433. The molecular weight excluding hydrogens is 306 g/mol. The third-order valence-electron chi connectivity index (χ3n) is 4.87. The lowest BCUT2D eigenvalue weighted by Gasteiger charge is -2.41. The monoisotopic (exact) mass is 330 g/mol. The van der Waals surface area contributed by atoms with Crippen LogP contribution in [0.4, 0.5) is 8.78 Å². The molecule has 124 valence electrons. The summed E-state index contributed by atoms with van der Waals surface area (Å²) in [6, 6.07) is 4.20. The molecule has 0 amide bonds. The standard InChI is InChI=1S/C17H24F2N2.ClH/c18-15-10-14(11-16(19)12-15)17(13-4-2-1-3-5-13)21-8-6-20-7-9-21;/h10-13,17,20H,1-9H2;1H/t17-;/m0./s1. The largest absolute Gasteiger partial charge is 0.314 e. The van der Waals surface area contributed by atoms with E-state index in [-0.39, 0.29) is 18.4 Å². The van der Waals surface area contributed by atoms with Crippen LogP contribution in [-0.4, -0.2) is 31.1 Å². The third-order valence-corrected chi connectivity index (χ3v) is 4.87. The highest BCUT2D eigenvalue weighted by molar-refractivity contribution is 5.85. The fourth-order valence-corrected chi connectivity index (χ4v) is 3.94. The van der Waals surface area contributed by atoms with Crippen molar-refractivity contribution >= 4 is 12.4 Å². The number of nitrogens with one attached hydrogen (secondary N) is 1. The summed E-state index contributed by atoms with van der Waals surface area (Å²) in [6.07, 6.45) is 6.12. The van der Waals surface area contributed by atoms with Gasteiger partial charge in [0.2, 0.25) is 0 Å². The molecule has 5 heteroatoms. The Kier molecular flexibility index (Phi) is 6.60. The second-order valence-electron chi connectivity index (χ2n) is 6.33. The molecule has 1 aromatic carbocycles. The highest BCUT2D eigenvalue weighted by Crippen LogP contribution is 2.38. The smallest absolute Gasteiger partial charge is 0.126 e. The van der Waals surface area contributed by atoms with Crippen molar-refractivity contribution < 1.29 is 8.78 Å². The first-order chi connectivity index (χ1) is 10.2. The molecule has 0 aromatic heterocycles. The lowest BCUT2D eigenvalue weighted by molar-refractivity contribution is 0.103. The summed E-state index contributed by atoms with van der Waals surface area (Å²) in [5, 5.41) is 3.36. The minimum atomic E-state index is -0.457. The second kappa shape index (κ2) is 8.23. The van der Waals surface area contributed by atoms with Gasteiger partial charge < -0.3 is 5.32 Å².